The summed E-state index contributed by atoms with van der Waals surface area (Å²) in [6.45, 7) is 4.11. The van der Waals surface area contributed by atoms with E-state index < -0.39 is 5.97 Å². The van der Waals surface area contributed by atoms with E-state index in [2.05, 4.69) is 73.0 Å². The minimum absolute atomic E-state index is 0.146. The summed E-state index contributed by atoms with van der Waals surface area (Å²) in [6.07, 6.45) is 30.9. The predicted molar refractivity (Wildman–Crippen MR) is 159 cm³/mol. The first-order chi connectivity index (χ1) is 18.0. The summed E-state index contributed by atoms with van der Waals surface area (Å²) < 4.78 is 0. The molecule has 202 valence electrons. The maximum absolute atomic E-state index is 12.6. The molecule has 0 bridgehead atoms. The van der Waals surface area contributed by atoms with Crippen molar-refractivity contribution in [2.75, 3.05) is 11.1 Å². The third kappa shape index (κ3) is 15.7. The fraction of sp³-hybridized carbons (Fsp3) is 0.419. The summed E-state index contributed by atoms with van der Waals surface area (Å²) in [7, 11) is 0. The Morgan fingerprint density at radius 1 is 0.865 bits per heavy atom. The van der Waals surface area contributed by atoms with Crippen molar-refractivity contribution < 1.29 is 19.8 Å². The lowest BCUT2D eigenvalue weighted by Crippen LogP contribution is -2.25. The molecule has 0 spiro atoms. The Hall–Kier alpha value is -2.99. The number of carboxylic acid groups (broad SMARTS) is 1. The van der Waals surface area contributed by atoms with Gasteiger partial charge in [0.25, 0.3) is 0 Å². The molecule has 0 saturated carbocycles. The lowest BCUT2D eigenvalue weighted by atomic mass is 10.1. The molecule has 5 nitrogen and oxygen atoms in total. The Morgan fingerprint density at radius 2 is 1.43 bits per heavy atom. The van der Waals surface area contributed by atoms with Crippen molar-refractivity contribution in [3.05, 3.63) is 84.5 Å². The molecule has 0 heterocycles. The highest BCUT2D eigenvalue weighted by atomic mass is 32.2. The van der Waals surface area contributed by atoms with Gasteiger partial charge in [-0.1, -0.05) is 74.6 Å². The summed E-state index contributed by atoms with van der Waals surface area (Å²) >= 11 is 1.62. The van der Waals surface area contributed by atoms with Crippen LogP contribution in [0.3, 0.4) is 0 Å². The topological polar surface area (TPSA) is 86.6 Å². The van der Waals surface area contributed by atoms with E-state index in [0.717, 1.165) is 57.1 Å². The molecule has 0 aliphatic rings. The second-order valence-electron chi connectivity index (χ2n) is 8.50. The molecule has 1 atom stereocenters. The summed E-state index contributed by atoms with van der Waals surface area (Å²) in [5.41, 5.74) is 0.145. The van der Waals surface area contributed by atoms with E-state index in [1.54, 1.807) is 11.8 Å². The Bertz CT molecular complexity index is 947. The van der Waals surface area contributed by atoms with Crippen molar-refractivity contribution in [1.29, 1.82) is 0 Å². The van der Waals surface area contributed by atoms with Crippen molar-refractivity contribution in [2.24, 2.45) is 0 Å². The van der Waals surface area contributed by atoms with Crippen molar-refractivity contribution in [3.8, 4) is 5.75 Å². The predicted octanol–water partition coefficient (Wildman–Crippen LogP) is 8.46. The normalized spacial score (nSPS) is 13.0. The minimum Gasteiger partial charge on any atom is -0.507 e. The molecule has 1 aromatic carbocycles. The number of benzene rings is 1. The largest absolute Gasteiger partial charge is 0.507 e. The van der Waals surface area contributed by atoms with Gasteiger partial charge < -0.3 is 15.5 Å². The third-order valence-corrected chi connectivity index (χ3v) is 6.87. The molecular weight excluding hydrogens is 482 g/mol. The van der Waals surface area contributed by atoms with Crippen LogP contribution in [0.1, 0.15) is 82.0 Å². The zero-order valence-corrected chi connectivity index (χ0v) is 23.1. The molecule has 0 unspecified atom stereocenters. The fourth-order valence-corrected chi connectivity index (χ4v) is 4.45. The van der Waals surface area contributed by atoms with E-state index in [-0.39, 0.29) is 22.5 Å². The second kappa shape index (κ2) is 21.1. The van der Waals surface area contributed by atoms with Crippen LogP contribution in [-0.2, 0) is 4.79 Å². The minimum atomic E-state index is -1.23. The van der Waals surface area contributed by atoms with Crippen LogP contribution in [0.25, 0.3) is 0 Å². The summed E-state index contributed by atoms with van der Waals surface area (Å²) in [6, 6.07) is 4.06. The van der Waals surface area contributed by atoms with Crippen LogP contribution in [0.2, 0.25) is 0 Å². The number of aromatic carboxylic acids is 1. The van der Waals surface area contributed by atoms with Crippen LogP contribution < -0.4 is 5.32 Å². The van der Waals surface area contributed by atoms with Crippen molar-refractivity contribution in [2.45, 2.75) is 76.9 Å². The molecule has 3 N–H and O–H groups in total. The molecule has 0 radical (unpaired) electrons. The van der Waals surface area contributed by atoms with Crippen LogP contribution in [0.4, 0.5) is 5.69 Å². The SMILES string of the molecule is CC/C=C\C/C=C\C/C=C\C/C=C\C/C=C\CCCCS[C@H](CC)C(=O)Nc1ccc(O)c(C(=O)O)c1. The van der Waals surface area contributed by atoms with Gasteiger partial charge in [-0.15, -0.1) is 11.8 Å². The zero-order valence-electron chi connectivity index (χ0n) is 22.3. The number of allylic oxidation sites excluding steroid dienone is 10. The van der Waals surface area contributed by atoms with Gasteiger partial charge in [0.05, 0.1) is 5.25 Å². The molecule has 1 aromatic rings. The summed E-state index contributed by atoms with van der Waals surface area (Å²) in [4.78, 5) is 23.7. The Labute approximate surface area is 227 Å². The van der Waals surface area contributed by atoms with E-state index in [4.69, 9.17) is 5.11 Å². The number of nitrogens with one attached hydrogen (secondary N) is 1. The first-order valence-electron chi connectivity index (χ1n) is 13.2. The average Bonchev–Trinajstić information content (AvgIpc) is 2.88. The smallest absolute Gasteiger partial charge is 0.339 e. The molecule has 0 fully saturated rings. The van der Waals surface area contributed by atoms with Gasteiger partial charge >= 0.3 is 5.97 Å². The van der Waals surface area contributed by atoms with E-state index >= 15 is 0 Å². The van der Waals surface area contributed by atoms with Gasteiger partial charge in [0.15, 0.2) is 0 Å². The van der Waals surface area contributed by atoms with E-state index in [1.807, 2.05) is 6.92 Å². The van der Waals surface area contributed by atoms with Crippen LogP contribution in [0.5, 0.6) is 5.75 Å². The Morgan fingerprint density at radius 3 is 1.97 bits per heavy atom. The third-order valence-electron chi connectivity index (χ3n) is 5.40. The van der Waals surface area contributed by atoms with Crippen LogP contribution in [0.15, 0.2) is 79.0 Å². The number of phenols is 1. The number of unbranched alkanes of at least 4 members (excludes halogenated alkanes) is 2. The van der Waals surface area contributed by atoms with Crippen molar-refractivity contribution in [1.82, 2.24) is 0 Å². The number of carboxylic acids is 1. The van der Waals surface area contributed by atoms with E-state index in [1.165, 1.54) is 18.2 Å². The number of amides is 1. The van der Waals surface area contributed by atoms with Gasteiger partial charge in [0.2, 0.25) is 5.91 Å². The quantitative estimate of drug-likeness (QED) is 0.0958. The maximum Gasteiger partial charge on any atom is 0.339 e. The number of hydrogen-bond donors (Lipinski definition) is 3. The number of hydrogen-bond acceptors (Lipinski definition) is 4. The number of thioether (sulfide) groups is 1. The molecule has 1 rings (SSSR count). The number of rotatable bonds is 19. The molecule has 37 heavy (non-hydrogen) atoms. The van der Waals surface area contributed by atoms with Gasteiger partial charge in [-0.2, -0.15) is 0 Å². The van der Waals surface area contributed by atoms with Crippen LogP contribution in [-0.4, -0.2) is 33.1 Å². The Balaban J connectivity index is 2.15. The molecule has 1 amide bonds. The number of anilines is 1. The molecule has 0 aliphatic heterocycles. The molecule has 6 heteroatoms. The lowest BCUT2D eigenvalue weighted by Gasteiger charge is -2.15. The van der Waals surface area contributed by atoms with Crippen LogP contribution in [0, 0.1) is 0 Å². The van der Waals surface area contributed by atoms with Gasteiger partial charge in [-0.05, 0) is 81.7 Å². The first kappa shape index (κ1) is 32.0. The highest BCUT2D eigenvalue weighted by molar-refractivity contribution is 8.00. The van der Waals surface area contributed by atoms with Crippen molar-refractivity contribution >= 4 is 29.3 Å². The van der Waals surface area contributed by atoms with Gasteiger partial charge in [-0.25, -0.2) is 4.79 Å². The summed E-state index contributed by atoms with van der Waals surface area (Å²) in [5.74, 6) is -0.804. The fourth-order valence-electron chi connectivity index (χ4n) is 3.35. The molecule has 0 aromatic heterocycles. The van der Waals surface area contributed by atoms with Gasteiger partial charge in [0.1, 0.15) is 11.3 Å². The highest BCUT2D eigenvalue weighted by Gasteiger charge is 2.18. The lowest BCUT2D eigenvalue weighted by molar-refractivity contribution is -0.115. The van der Waals surface area contributed by atoms with Gasteiger partial charge in [0, 0.05) is 5.69 Å². The zero-order chi connectivity index (χ0) is 27.1. The van der Waals surface area contributed by atoms with Crippen LogP contribution >= 0.6 is 11.8 Å². The highest BCUT2D eigenvalue weighted by Crippen LogP contribution is 2.23. The maximum atomic E-state index is 12.6. The van der Waals surface area contributed by atoms with Gasteiger partial charge in [-0.3, -0.25) is 4.79 Å². The Kier molecular flexibility index (Phi) is 18.3. The molecule has 0 saturated heterocycles. The molecule has 0 aliphatic carbocycles. The standard InChI is InChI=1S/C31H43NO4S/c1-3-5-6-7-8-9-10-11-12-13-14-15-16-17-18-19-20-21-24-37-29(4-2)30(34)32-26-22-23-28(33)27(25-26)31(35)36/h5-6,8-9,11-12,14-15,17-18,22-23,25,29,33H,3-4,7,10,13,16,19-21,24H2,1-2H3,(H,32,34)(H,35,36)/b6-5-,9-8-,12-11-,15-14-,18-17-/t29-/m1/s1. The number of carbonyl (C=O) groups is 2. The summed E-state index contributed by atoms with van der Waals surface area (Å²) in [5, 5.41) is 21.3. The van der Waals surface area contributed by atoms with E-state index in [0.29, 0.717) is 12.1 Å². The van der Waals surface area contributed by atoms with Crippen molar-refractivity contribution in [3.63, 3.8) is 0 Å². The number of aromatic hydroxyl groups is 1. The number of carbonyl (C=O) groups excluding carboxylic acids is 1. The monoisotopic (exact) mass is 525 g/mol. The van der Waals surface area contributed by atoms with E-state index in [9.17, 15) is 14.7 Å². The second-order valence-corrected chi connectivity index (χ2v) is 9.81. The average molecular weight is 526 g/mol. The first-order valence-corrected chi connectivity index (χ1v) is 14.3. The molecular formula is C31H43NO4S.